The van der Waals surface area contributed by atoms with Gasteiger partial charge in [0, 0.05) is 45.5 Å². The molecule has 0 N–H and O–H groups in total. The lowest BCUT2D eigenvalue weighted by Crippen LogP contribution is -2.30. The van der Waals surface area contributed by atoms with E-state index in [9.17, 15) is 9.59 Å². The predicted octanol–water partition coefficient (Wildman–Crippen LogP) is 1.65. The largest absolute Gasteiger partial charge is 0.371 e. The number of para-hydroxylation sites is 1. The number of hydrogen-bond acceptors (Lipinski definition) is 4. The van der Waals surface area contributed by atoms with Crippen LogP contribution < -0.4 is 10.5 Å². The summed E-state index contributed by atoms with van der Waals surface area (Å²) in [5.41, 5.74) is 2.37. The van der Waals surface area contributed by atoms with Crippen molar-refractivity contribution < 1.29 is 4.79 Å². The fraction of sp³-hybridized carbons (Fsp3) is 0.389. The van der Waals surface area contributed by atoms with Gasteiger partial charge in [-0.05, 0) is 30.5 Å². The van der Waals surface area contributed by atoms with E-state index in [-0.39, 0.29) is 17.2 Å². The Morgan fingerprint density at radius 1 is 1.17 bits per heavy atom. The number of carbonyl (C=O) groups is 1. The molecule has 0 bridgehead atoms. The van der Waals surface area contributed by atoms with Crippen molar-refractivity contribution in [1.82, 2.24) is 14.7 Å². The third kappa shape index (κ3) is 3.32. The Morgan fingerprint density at radius 2 is 1.88 bits per heavy atom. The molecular formula is C18H22N4O2. The number of amides is 1. The van der Waals surface area contributed by atoms with Crippen molar-refractivity contribution in [3.63, 3.8) is 0 Å². The fourth-order valence-corrected chi connectivity index (χ4v) is 3.05. The van der Waals surface area contributed by atoms with Crippen molar-refractivity contribution in [2.75, 3.05) is 25.0 Å². The molecule has 0 spiro atoms. The van der Waals surface area contributed by atoms with Crippen molar-refractivity contribution in [2.45, 2.75) is 19.4 Å². The Kier molecular flexibility index (Phi) is 4.64. The summed E-state index contributed by atoms with van der Waals surface area (Å²) in [6, 6.07) is 11.1. The summed E-state index contributed by atoms with van der Waals surface area (Å²) in [6.45, 7) is 2.64. The van der Waals surface area contributed by atoms with E-state index >= 15 is 0 Å². The van der Waals surface area contributed by atoms with Crippen LogP contribution in [0.3, 0.4) is 0 Å². The molecule has 2 aromatic rings. The molecule has 6 nitrogen and oxygen atoms in total. The Morgan fingerprint density at radius 3 is 2.58 bits per heavy atom. The molecule has 0 radical (unpaired) electrons. The van der Waals surface area contributed by atoms with Gasteiger partial charge in [-0.25, -0.2) is 4.68 Å². The maximum atomic E-state index is 12.6. The quantitative estimate of drug-likeness (QED) is 0.857. The van der Waals surface area contributed by atoms with E-state index in [1.807, 2.05) is 12.1 Å². The number of anilines is 1. The topological polar surface area (TPSA) is 58.4 Å². The summed E-state index contributed by atoms with van der Waals surface area (Å²) < 4.78 is 1.18. The first-order valence-electron chi connectivity index (χ1n) is 8.19. The van der Waals surface area contributed by atoms with Crippen LogP contribution in [0.5, 0.6) is 0 Å². The molecule has 1 aliphatic heterocycles. The molecule has 126 valence electrons. The van der Waals surface area contributed by atoms with Gasteiger partial charge >= 0.3 is 0 Å². The minimum absolute atomic E-state index is 0.193. The molecule has 6 heteroatoms. The average molecular weight is 326 g/mol. The summed E-state index contributed by atoms with van der Waals surface area (Å²) in [5.74, 6) is -0.193. The van der Waals surface area contributed by atoms with Gasteiger partial charge in [0.05, 0.1) is 0 Å². The second kappa shape index (κ2) is 6.86. The van der Waals surface area contributed by atoms with E-state index in [4.69, 9.17) is 0 Å². The summed E-state index contributed by atoms with van der Waals surface area (Å²) in [4.78, 5) is 28.0. The maximum absolute atomic E-state index is 12.6. The van der Waals surface area contributed by atoms with E-state index in [0.29, 0.717) is 6.54 Å². The molecule has 24 heavy (non-hydrogen) atoms. The Bertz CT molecular complexity index is 794. The Labute approximate surface area is 141 Å². The highest BCUT2D eigenvalue weighted by Crippen LogP contribution is 2.25. The van der Waals surface area contributed by atoms with E-state index in [1.54, 1.807) is 19.0 Å². The van der Waals surface area contributed by atoms with Crippen molar-refractivity contribution in [1.29, 1.82) is 0 Å². The van der Waals surface area contributed by atoms with Crippen molar-refractivity contribution in [3.05, 3.63) is 58.0 Å². The first-order chi connectivity index (χ1) is 11.6. The number of rotatable bonds is 4. The first kappa shape index (κ1) is 16.2. The second-order valence-corrected chi connectivity index (χ2v) is 6.16. The highest BCUT2D eigenvalue weighted by molar-refractivity contribution is 5.91. The van der Waals surface area contributed by atoms with Crippen LogP contribution in [0.2, 0.25) is 0 Å². The van der Waals surface area contributed by atoms with Gasteiger partial charge < -0.3 is 9.80 Å². The van der Waals surface area contributed by atoms with Gasteiger partial charge in [0.25, 0.3) is 11.5 Å². The Hall–Kier alpha value is -2.63. The number of nitrogens with zero attached hydrogens (tertiary/aromatic N) is 4. The molecule has 1 aromatic heterocycles. The highest BCUT2D eigenvalue weighted by Gasteiger charge is 2.19. The lowest BCUT2D eigenvalue weighted by atomic mass is 10.1. The van der Waals surface area contributed by atoms with Crippen molar-refractivity contribution in [3.8, 4) is 0 Å². The van der Waals surface area contributed by atoms with Crippen LogP contribution in [0.1, 0.15) is 28.9 Å². The van der Waals surface area contributed by atoms with Crippen molar-refractivity contribution >= 4 is 11.6 Å². The monoisotopic (exact) mass is 326 g/mol. The zero-order chi connectivity index (χ0) is 17.1. The molecule has 0 saturated carbocycles. The van der Waals surface area contributed by atoms with Crippen LogP contribution in [0, 0.1) is 0 Å². The maximum Gasteiger partial charge on any atom is 0.274 e. The third-order valence-corrected chi connectivity index (χ3v) is 4.37. The van der Waals surface area contributed by atoms with Crippen LogP contribution in [-0.4, -0.2) is 40.7 Å². The molecule has 0 unspecified atom stereocenters. The van der Waals surface area contributed by atoms with Crippen LogP contribution >= 0.6 is 0 Å². The molecule has 3 rings (SSSR count). The summed E-state index contributed by atoms with van der Waals surface area (Å²) in [6.07, 6.45) is 2.43. The van der Waals surface area contributed by atoms with Crippen LogP contribution in [-0.2, 0) is 13.6 Å². The number of aromatic nitrogens is 2. The van der Waals surface area contributed by atoms with Gasteiger partial charge in [-0.2, -0.15) is 5.10 Å². The van der Waals surface area contributed by atoms with Gasteiger partial charge in [0.15, 0.2) is 0 Å². The molecular weight excluding hydrogens is 304 g/mol. The smallest absolute Gasteiger partial charge is 0.274 e. The predicted molar refractivity (Wildman–Crippen MR) is 93.2 cm³/mol. The number of carbonyl (C=O) groups excluding carboxylic acids is 1. The normalized spacial score (nSPS) is 14.0. The van der Waals surface area contributed by atoms with Crippen LogP contribution in [0.25, 0.3) is 0 Å². The number of aryl methyl sites for hydroxylation is 1. The summed E-state index contributed by atoms with van der Waals surface area (Å²) in [7, 11) is 3.30. The lowest BCUT2D eigenvalue weighted by Gasteiger charge is -2.24. The van der Waals surface area contributed by atoms with E-state index < -0.39 is 0 Å². The third-order valence-electron chi connectivity index (χ3n) is 4.37. The van der Waals surface area contributed by atoms with Gasteiger partial charge in [-0.3, -0.25) is 9.59 Å². The van der Waals surface area contributed by atoms with E-state index in [1.165, 1.54) is 35.3 Å². The molecule has 2 heterocycles. The minimum atomic E-state index is -0.228. The van der Waals surface area contributed by atoms with E-state index in [2.05, 4.69) is 22.1 Å². The fourth-order valence-electron chi connectivity index (χ4n) is 3.05. The van der Waals surface area contributed by atoms with Crippen LogP contribution in [0.4, 0.5) is 5.69 Å². The summed E-state index contributed by atoms with van der Waals surface area (Å²) >= 11 is 0. The lowest BCUT2D eigenvalue weighted by molar-refractivity contribution is 0.0777. The molecule has 1 saturated heterocycles. The molecule has 1 aromatic carbocycles. The SMILES string of the molecule is CN(Cc1ccccc1N1CCCC1)C(=O)c1ccc(=O)n(C)n1. The molecule has 1 aliphatic rings. The van der Waals surface area contributed by atoms with Gasteiger partial charge in [0.2, 0.25) is 0 Å². The van der Waals surface area contributed by atoms with Gasteiger partial charge in [0.1, 0.15) is 5.69 Å². The minimum Gasteiger partial charge on any atom is -0.371 e. The number of hydrogen-bond donors (Lipinski definition) is 0. The van der Waals surface area contributed by atoms with Gasteiger partial charge in [-0.15, -0.1) is 0 Å². The molecule has 1 amide bonds. The van der Waals surface area contributed by atoms with Crippen LogP contribution in [0.15, 0.2) is 41.2 Å². The molecule has 1 fully saturated rings. The zero-order valence-corrected chi connectivity index (χ0v) is 14.1. The molecule has 0 atom stereocenters. The standard InChI is InChI=1S/C18H22N4O2/c1-20(18(24)15-9-10-17(23)21(2)19-15)13-14-7-3-4-8-16(14)22-11-5-6-12-22/h3-4,7-10H,5-6,11-13H2,1-2H3. The average Bonchev–Trinajstić information content (AvgIpc) is 3.11. The molecule has 0 aliphatic carbocycles. The summed E-state index contributed by atoms with van der Waals surface area (Å²) in [5, 5.41) is 4.04. The second-order valence-electron chi connectivity index (χ2n) is 6.16. The zero-order valence-electron chi connectivity index (χ0n) is 14.1. The van der Waals surface area contributed by atoms with E-state index in [0.717, 1.165) is 18.7 Å². The highest BCUT2D eigenvalue weighted by atomic mass is 16.2. The van der Waals surface area contributed by atoms with Gasteiger partial charge in [-0.1, -0.05) is 18.2 Å². The Balaban J connectivity index is 1.79. The van der Waals surface area contributed by atoms with Crippen molar-refractivity contribution in [2.24, 2.45) is 7.05 Å². The number of benzene rings is 1. The first-order valence-corrected chi connectivity index (χ1v) is 8.19.